The lowest BCUT2D eigenvalue weighted by atomic mass is 10.1. The third-order valence-corrected chi connectivity index (χ3v) is 8.29. The molecular weight excluding hydrogens is 437 g/mol. The van der Waals surface area contributed by atoms with Gasteiger partial charge in [0.2, 0.25) is 5.91 Å². The van der Waals surface area contributed by atoms with E-state index in [1.54, 1.807) is 12.1 Å². The molecule has 0 aliphatic carbocycles. The van der Waals surface area contributed by atoms with E-state index in [2.05, 4.69) is 0 Å². The van der Waals surface area contributed by atoms with E-state index in [0.29, 0.717) is 0 Å². The van der Waals surface area contributed by atoms with E-state index in [0.717, 1.165) is 20.7 Å². The number of nitrogens with two attached hydrogens (primary N) is 1. The molecule has 1 aliphatic rings. The molecule has 3 rings (SSSR count). The Morgan fingerprint density at radius 2 is 2.00 bits per heavy atom. The van der Waals surface area contributed by atoms with Crippen molar-refractivity contribution in [1.82, 2.24) is 4.90 Å². The molecule has 31 heavy (non-hydrogen) atoms. The van der Waals surface area contributed by atoms with Crippen LogP contribution in [0.2, 0.25) is 0 Å². The van der Waals surface area contributed by atoms with Gasteiger partial charge in [-0.2, -0.15) is 0 Å². The summed E-state index contributed by atoms with van der Waals surface area (Å²) in [4.78, 5) is 18.1. The van der Waals surface area contributed by atoms with Gasteiger partial charge in [-0.1, -0.05) is 6.07 Å². The van der Waals surface area contributed by atoms with Crippen molar-refractivity contribution in [2.24, 2.45) is 11.7 Å². The van der Waals surface area contributed by atoms with Gasteiger partial charge in [-0.25, -0.2) is 12.8 Å². The summed E-state index contributed by atoms with van der Waals surface area (Å²) in [6.07, 6.45) is 1.74. The van der Waals surface area contributed by atoms with Gasteiger partial charge in [-0.15, -0.1) is 11.3 Å². The molecule has 0 spiro atoms. The fourth-order valence-corrected chi connectivity index (χ4v) is 5.66. The van der Waals surface area contributed by atoms with Crippen molar-refractivity contribution in [3.63, 3.8) is 0 Å². The van der Waals surface area contributed by atoms with Gasteiger partial charge in [0.05, 0.1) is 11.6 Å². The number of rotatable bonds is 7. The van der Waals surface area contributed by atoms with Crippen LogP contribution < -0.4 is 10.6 Å². The van der Waals surface area contributed by atoms with Crippen molar-refractivity contribution in [3.8, 4) is 0 Å². The number of amides is 1. The summed E-state index contributed by atoms with van der Waals surface area (Å²) in [5.41, 5.74) is 6.95. The van der Waals surface area contributed by atoms with Gasteiger partial charge in [0.25, 0.3) is 0 Å². The highest BCUT2D eigenvalue weighted by Crippen LogP contribution is 2.32. The van der Waals surface area contributed by atoms with Crippen LogP contribution in [0.4, 0.5) is 10.1 Å². The molecule has 1 aromatic carbocycles. The summed E-state index contributed by atoms with van der Waals surface area (Å²) in [6.45, 7) is 4.11. The van der Waals surface area contributed by atoms with Gasteiger partial charge in [0, 0.05) is 27.7 Å². The van der Waals surface area contributed by atoms with Crippen LogP contribution in [-0.2, 0) is 14.6 Å². The first-order chi connectivity index (χ1) is 14.5. The fraction of sp³-hybridized carbons (Fsp3) is 0.409. The van der Waals surface area contributed by atoms with Crippen molar-refractivity contribution < 1.29 is 17.6 Å². The van der Waals surface area contributed by atoms with Crippen LogP contribution in [0.5, 0.6) is 0 Å². The normalized spacial score (nSPS) is 19.5. The SMILES string of the molecule is Cc1ccc(/C=C/S(=O)(=O)C(N)[C@H]2CCN(c3ccc([C@@H](C)N(C)C)cc3F)C2=O)s1. The van der Waals surface area contributed by atoms with E-state index in [4.69, 9.17) is 5.73 Å². The number of aryl methyl sites for hydroxylation is 1. The van der Waals surface area contributed by atoms with Gasteiger partial charge in [-0.3, -0.25) is 4.79 Å². The monoisotopic (exact) mass is 465 g/mol. The summed E-state index contributed by atoms with van der Waals surface area (Å²) >= 11 is 1.47. The van der Waals surface area contributed by atoms with Gasteiger partial charge in [0.15, 0.2) is 9.84 Å². The lowest BCUT2D eigenvalue weighted by Gasteiger charge is -2.23. The predicted octanol–water partition coefficient (Wildman–Crippen LogP) is 3.54. The van der Waals surface area contributed by atoms with Crippen molar-refractivity contribution in [2.75, 3.05) is 25.5 Å². The topological polar surface area (TPSA) is 83.7 Å². The molecule has 2 aromatic rings. The molecule has 1 amide bonds. The van der Waals surface area contributed by atoms with Gasteiger partial charge >= 0.3 is 0 Å². The first-order valence-corrected chi connectivity index (χ1v) is 12.4. The van der Waals surface area contributed by atoms with E-state index in [1.807, 2.05) is 45.0 Å². The minimum atomic E-state index is -3.85. The molecule has 1 aliphatic heterocycles. The zero-order valence-electron chi connectivity index (χ0n) is 18.1. The summed E-state index contributed by atoms with van der Waals surface area (Å²) in [5.74, 6) is -1.90. The number of thiophene rings is 1. The average Bonchev–Trinajstić information content (AvgIpc) is 3.30. The third kappa shape index (κ3) is 5.06. The largest absolute Gasteiger partial charge is 0.314 e. The van der Waals surface area contributed by atoms with Crippen LogP contribution in [-0.4, -0.2) is 45.2 Å². The lowest BCUT2D eigenvalue weighted by molar-refractivity contribution is -0.120. The molecule has 1 fully saturated rings. The Kier molecular flexibility index (Phi) is 7.00. The van der Waals surface area contributed by atoms with Crippen LogP contribution in [0.3, 0.4) is 0 Å². The van der Waals surface area contributed by atoms with E-state index in [1.165, 1.54) is 28.4 Å². The zero-order chi connectivity index (χ0) is 22.9. The smallest absolute Gasteiger partial charge is 0.232 e. The van der Waals surface area contributed by atoms with E-state index >= 15 is 0 Å². The van der Waals surface area contributed by atoms with Crippen LogP contribution >= 0.6 is 11.3 Å². The van der Waals surface area contributed by atoms with Gasteiger partial charge in [0.1, 0.15) is 11.2 Å². The average molecular weight is 466 g/mol. The number of halogens is 1. The van der Waals surface area contributed by atoms with E-state index in [-0.39, 0.29) is 24.7 Å². The molecule has 3 atom stereocenters. The first kappa shape index (κ1) is 23.6. The summed E-state index contributed by atoms with van der Waals surface area (Å²) in [7, 11) is -0.0442. The molecule has 2 heterocycles. The Hall–Kier alpha value is -2.07. The van der Waals surface area contributed by atoms with Crippen LogP contribution in [0.1, 0.15) is 34.7 Å². The third-order valence-electron chi connectivity index (χ3n) is 5.73. The Morgan fingerprint density at radius 3 is 2.58 bits per heavy atom. The Balaban J connectivity index is 1.76. The van der Waals surface area contributed by atoms with Crippen LogP contribution in [0, 0.1) is 18.7 Å². The first-order valence-electron chi connectivity index (χ1n) is 10.0. The summed E-state index contributed by atoms with van der Waals surface area (Å²) in [5, 5.41) is -0.310. The van der Waals surface area contributed by atoms with Gasteiger partial charge < -0.3 is 15.5 Å². The molecule has 9 heteroatoms. The molecule has 1 aromatic heterocycles. The molecule has 6 nitrogen and oxygen atoms in total. The summed E-state index contributed by atoms with van der Waals surface area (Å²) < 4.78 is 40.2. The van der Waals surface area contributed by atoms with E-state index < -0.39 is 32.9 Å². The Morgan fingerprint density at radius 1 is 1.29 bits per heavy atom. The second-order valence-corrected chi connectivity index (χ2v) is 11.4. The molecule has 1 saturated heterocycles. The second kappa shape index (κ2) is 9.20. The quantitative estimate of drug-likeness (QED) is 0.676. The number of hydrogen-bond donors (Lipinski definition) is 1. The highest BCUT2D eigenvalue weighted by Gasteiger charge is 2.42. The number of carbonyl (C=O) groups excluding carboxylic acids is 1. The fourth-order valence-electron chi connectivity index (χ4n) is 3.57. The standard InChI is InChI=1S/C22H28FN3O3S2/c1-14-5-7-17(30-14)10-12-31(28,29)21(24)18-9-11-26(22(18)27)20-8-6-16(13-19(20)23)15(2)25(3)4/h5-8,10,12-13,15,18,21H,9,11,24H2,1-4H3/b12-10+/t15-,18-,21?/m1/s1. The van der Waals surface area contributed by atoms with Crippen LogP contribution in [0.15, 0.2) is 35.7 Å². The number of carbonyl (C=O) groups is 1. The molecule has 0 bridgehead atoms. The second-order valence-electron chi connectivity index (χ2n) is 8.04. The lowest BCUT2D eigenvalue weighted by Crippen LogP contribution is -2.41. The maximum Gasteiger partial charge on any atom is 0.232 e. The molecule has 0 radical (unpaired) electrons. The predicted molar refractivity (Wildman–Crippen MR) is 124 cm³/mol. The van der Waals surface area contributed by atoms with Crippen molar-refractivity contribution >= 4 is 38.8 Å². The Bertz CT molecular complexity index is 1100. The molecule has 2 N–H and O–H groups in total. The molecular formula is C22H28FN3O3S2. The Labute approximate surface area is 187 Å². The zero-order valence-corrected chi connectivity index (χ0v) is 19.7. The molecule has 168 valence electrons. The number of sulfone groups is 1. The minimum absolute atomic E-state index is 0.0167. The minimum Gasteiger partial charge on any atom is -0.314 e. The van der Waals surface area contributed by atoms with Crippen molar-refractivity contribution in [2.45, 2.75) is 31.7 Å². The van der Waals surface area contributed by atoms with Crippen molar-refractivity contribution in [1.29, 1.82) is 0 Å². The molecule has 1 unspecified atom stereocenters. The number of benzene rings is 1. The molecule has 0 saturated carbocycles. The number of anilines is 1. The summed E-state index contributed by atoms with van der Waals surface area (Å²) in [6, 6.07) is 8.51. The van der Waals surface area contributed by atoms with Gasteiger partial charge in [-0.05, 0) is 70.3 Å². The van der Waals surface area contributed by atoms with E-state index in [9.17, 15) is 17.6 Å². The van der Waals surface area contributed by atoms with Crippen molar-refractivity contribution in [3.05, 3.63) is 56.9 Å². The highest BCUT2D eigenvalue weighted by molar-refractivity contribution is 7.95. The maximum atomic E-state index is 14.8. The highest BCUT2D eigenvalue weighted by atomic mass is 32.2. The maximum absolute atomic E-state index is 14.8. The van der Waals surface area contributed by atoms with Crippen LogP contribution in [0.25, 0.3) is 6.08 Å². The number of hydrogen-bond acceptors (Lipinski definition) is 6. The number of nitrogens with zero attached hydrogens (tertiary/aromatic N) is 2.